The lowest BCUT2D eigenvalue weighted by Gasteiger charge is -2.07. The number of hydrogen-bond acceptors (Lipinski definition) is 2. The monoisotopic (exact) mass is 308 g/mol. The first kappa shape index (κ1) is 11.7. The third-order valence-corrected chi connectivity index (χ3v) is 4.18. The van der Waals surface area contributed by atoms with Crippen LogP contribution in [-0.4, -0.2) is 20.5 Å². The Morgan fingerprint density at radius 2 is 2.17 bits per heavy atom. The number of fused-ring (bicyclic) bond motifs is 1. The van der Waals surface area contributed by atoms with Crippen LogP contribution in [0.4, 0.5) is 0 Å². The number of hydrogen-bond donors (Lipinski definition) is 1. The van der Waals surface area contributed by atoms with Gasteiger partial charge in [0.2, 0.25) is 0 Å². The van der Waals surface area contributed by atoms with Gasteiger partial charge in [0.25, 0.3) is 0 Å². The number of nitrogens with zero attached hydrogens (tertiary/aromatic N) is 2. The van der Waals surface area contributed by atoms with Crippen LogP contribution in [0, 0.1) is 0 Å². The minimum absolute atomic E-state index is 0.293. The van der Waals surface area contributed by atoms with Gasteiger partial charge in [-0.15, -0.1) is 0 Å². The Kier molecular flexibility index (Phi) is 2.86. The molecule has 2 aromatic heterocycles. The van der Waals surface area contributed by atoms with Crippen molar-refractivity contribution in [3.63, 3.8) is 0 Å². The molecule has 2 aromatic rings. The highest BCUT2D eigenvalue weighted by Crippen LogP contribution is 2.35. The zero-order chi connectivity index (χ0) is 12.7. The summed E-state index contributed by atoms with van der Waals surface area (Å²) in [6, 6.07) is 3.29. The van der Waals surface area contributed by atoms with E-state index in [0.29, 0.717) is 11.5 Å². The highest BCUT2D eigenvalue weighted by atomic mass is 79.9. The Morgan fingerprint density at radius 3 is 2.83 bits per heavy atom. The van der Waals surface area contributed by atoms with E-state index in [1.54, 1.807) is 12.1 Å². The largest absolute Gasteiger partial charge is 0.478 e. The van der Waals surface area contributed by atoms with E-state index >= 15 is 0 Å². The zero-order valence-electron chi connectivity index (χ0n) is 9.77. The van der Waals surface area contributed by atoms with Gasteiger partial charge >= 0.3 is 5.97 Å². The van der Waals surface area contributed by atoms with Gasteiger partial charge in [-0.25, -0.2) is 9.78 Å². The fraction of sp³-hybridized carbons (Fsp3) is 0.385. The molecule has 1 N–H and O–H groups in total. The van der Waals surface area contributed by atoms with Crippen LogP contribution in [0.3, 0.4) is 0 Å². The van der Waals surface area contributed by atoms with Crippen LogP contribution in [0.1, 0.15) is 47.8 Å². The van der Waals surface area contributed by atoms with Crippen molar-refractivity contribution in [3.8, 4) is 0 Å². The van der Waals surface area contributed by atoms with Crippen LogP contribution in [0.15, 0.2) is 22.9 Å². The van der Waals surface area contributed by atoms with Gasteiger partial charge in [0.05, 0.1) is 11.1 Å². The zero-order valence-corrected chi connectivity index (χ0v) is 11.4. The van der Waals surface area contributed by atoms with Crippen molar-refractivity contribution in [2.24, 2.45) is 0 Å². The number of imidazole rings is 1. The molecule has 0 spiro atoms. The van der Waals surface area contributed by atoms with Crippen molar-refractivity contribution in [2.45, 2.75) is 31.6 Å². The predicted octanol–water partition coefficient (Wildman–Crippen LogP) is 3.45. The van der Waals surface area contributed by atoms with Gasteiger partial charge in [-0.3, -0.25) is 0 Å². The summed E-state index contributed by atoms with van der Waals surface area (Å²) in [7, 11) is 0. The van der Waals surface area contributed by atoms with Crippen LogP contribution in [-0.2, 0) is 0 Å². The molecule has 4 nitrogen and oxygen atoms in total. The molecule has 1 aliphatic carbocycles. The van der Waals surface area contributed by atoms with E-state index in [1.807, 2.05) is 10.6 Å². The SMILES string of the molecule is O=C(O)c1ccn2c(C3CCCC3)nc(Br)c2c1. The van der Waals surface area contributed by atoms with Gasteiger partial charge in [0.1, 0.15) is 10.4 Å². The van der Waals surface area contributed by atoms with Crippen LogP contribution in [0.25, 0.3) is 5.52 Å². The van der Waals surface area contributed by atoms with Gasteiger partial charge in [0, 0.05) is 12.1 Å². The quantitative estimate of drug-likeness (QED) is 0.924. The second-order valence-corrected chi connectivity index (χ2v) is 5.47. The number of aromatic carboxylic acids is 1. The van der Waals surface area contributed by atoms with E-state index in [9.17, 15) is 4.79 Å². The molecule has 3 rings (SSSR count). The Bertz CT molecular complexity index is 615. The van der Waals surface area contributed by atoms with Gasteiger partial charge in [0.15, 0.2) is 0 Å². The minimum atomic E-state index is -0.909. The maximum absolute atomic E-state index is 11.0. The molecule has 1 aliphatic rings. The van der Waals surface area contributed by atoms with E-state index in [2.05, 4.69) is 20.9 Å². The highest BCUT2D eigenvalue weighted by Gasteiger charge is 2.23. The summed E-state index contributed by atoms with van der Waals surface area (Å²) in [4.78, 5) is 15.5. The maximum Gasteiger partial charge on any atom is 0.335 e. The first-order valence-corrected chi connectivity index (χ1v) is 6.87. The fourth-order valence-corrected chi connectivity index (χ4v) is 3.16. The van der Waals surface area contributed by atoms with E-state index in [-0.39, 0.29) is 0 Å². The molecular formula is C13H13BrN2O2. The van der Waals surface area contributed by atoms with Crippen molar-refractivity contribution >= 4 is 27.4 Å². The van der Waals surface area contributed by atoms with Gasteiger partial charge in [-0.05, 0) is 40.9 Å². The number of rotatable bonds is 2. The van der Waals surface area contributed by atoms with Crippen LogP contribution in [0.2, 0.25) is 0 Å². The summed E-state index contributed by atoms with van der Waals surface area (Å²) in [5.74, 6) is 0.638. The van der Waals surface area contributed by atoms with Crippen molar-refractivity contribution in [2.75, 3.05) is 0 Å². The molecule has 0 unspecified atom stereocenters. The number of halogens is 1. The molecule has 94 valence electrons. The molecule has 0 radical (unpaired) electrons. The van der Waals surface area contributed by atoms with Crippen molar-refractivity contribution in [3.05, 3.63) is 34.3 Å². The Balaban J connectivity index is 2.14. The maximum atomic E-state index is 11.0. The second-order valence-electron chi connectivity index (χ2n) is 4.72. The number of carbonyl (C=O) groups is 1. The molecule has 0 atom stereocenters. The molecule has 1 saturated carbocycles. The van der Waals surface area contributed by atoms with Crippen LogP contribution in [0.5, 0.6) is 0 Å². The molecule has 18 heavy (non-hydrogen) atoms. The summed E-state index contributed by atoms with van der Waals surface area (Å²) in [6.45, 7) is 0. The molecule has 1 fully saturated rings. The van der Waals surface area contributed by atoms with E-state index in [4.69, 9.17) is 5.11 Å². The van der Waals surface area contributed by atoms with E-state index < -0.39 is 5.97 Å². The van der Waals surface area contributed by atoms with Crippen molar-refractivity contribution in [1.82, 2.24) is 9.38 Å². The second kappa shape index (κ2) is 4.39. The molecule has 2 heterocycles. The number of carboxylic acids is 1. The van der Waals surface area contributed by atoms with E-state index in [0.717, 1.165) is 15.9 Å². The lowest BCUT2D eigenvalue weighted by atomic mass is 10.1. The smallest absolute Gasteiger partial charge is 0.335 e. The highest BCUT2D eigenvalue weighted by molar-refractivity contribution is 9.10. The lowest BCUT2D eigenvalue weighted by Crippen LogP contribution is -2.02. The van der Waals surface area contributed by atoms with Crippen LogP contribution >= 0.6 is 15.9 Å². The first-order valence-electron chi connectivity index (χ1n) is 6.07. The number of aromatic nitrogens is 2. The average Bonchev–Trinajstić information content (AvgIpc) is 2.97. The van der Waals surface area contributed by atoms with Gasteiger partial charge in [-0.2, -0.15) is 0 Å². The summed E-state index contributed by atoms with van der Waals surface area (Å²) in [5, 5.41) is 9.01. The Morgan fingerprint density at radius 1 is 1.44 bits per heavy atom. The normalized spacial score (nSPS) is 16.5. The molecule has 0 aromatic carbocycles. The lowest BCUT2D eigenvalue weighted by molar-refractivity contribution is 0.0697. The third kappa shape index (κ3) is 1.82. The molecule has 5 heteroatoms. The molecular weight excluding hydrogens is 296 g/mol. The van der Waals surface area contributed by atoms with E-state index in [1.165, 1.54) is 25.7 Å². The Hall–Kier alpha value is -1.36. The van der Waals surface area contributed by atoms with Crippen LogP contribution < -0.4 is 0 Å². The number of pyridine rings is 1. The third-order valence-electron chi connectivity index (χ3n) is 3.59. The molecule has 0 amide bonds. The fourth-order valence-electron chi connectivity index (χ4n) is 2.68. The molecule has 0 saturated heterocycles. The summed E-state index contributed by atoms with van der Waals surface area (Å²) in [6.07, 6.45) is 6.66. The summed E-state index contributed by atoms with van der Waals surface area (Å²) >= 11 is 3.42. The summed E-state index contributed by atoms with van der Waals surface area (Å²) in [5.41, 5.74) is 1.12. The van der Waals surface area contributed by atoms with Gasteiger partial charge in [-0.1, -0.05) is 12.8 Å². The summed E-state index contributed by atoms with van der Waals surface area (Å²) < 4.78 is 2.74. The first-order chi connectivity index (χ1) is 8.66. The standard InChI is InChI=1S/C13H13BrN2O2/c14-11-10-7-9(13(17)18)5-6-16(10)12(15-11)8-3-1-2-4-8/h5-8H,1-4H2,(H,17,18). The van der Waals surface area contributed by atoms with Crippen molar-refractivity contribution in [1.29, 1.82) is 0 Å². The minimum Gasteiger partial charge on any atom is -0.478 e. The Labute approximate surface area is 113 Å². The predicted molar refractivity (Wildman–Crippen MR) is 71.1 cm³/mol. The topological polar surface area (TPSA) is 54.6 Å². The van der Waals surface area contributed by atoms with Gasteiger partial charge < -0.3 is 9.51 Å². The van der Waals surface area contributed by atoms with Crippen molar-refractivity contribution < 1.29 is 9.90 Å². The molecule has 0 bridgehead atoms. The number of carboxylic acid groups (broad SMARTS) is 1. The average molecular weight is 309 g/mol. The molecule has 0 aliphatic heterocycles.